The summed E-state index contributed by atoms with van der Waals surface area (Å²) in [4.78, 5) is 8.82. The fourth-order valence-corrected chi connectivity index (χ4v) is 2.78. The van der Waals surface area contributed by atoms with Gasteiger partial charge in [0.05, 0.1) is 11.3 Å². The molecule has 0 aliphatic heterocycles. The van der Waals surface area contributed by atoms with Crippen LogP contribution in [-0.4, -0.2) is 16.3 Å². The highest BCUT2D eigenvalue weighted by Crippen LogP contribution is 2.33. The van der Waals surface area contributed by atoms with E-state index < -0.39 is 0 Å². The van der Waals surface area contributed by atoms with Crippen molar-refractivity contribution in [1.82, 2.24) is 4.98 Å². The zero-order chi connectivity index (χ0) is 18.6. The Morgan fingerprint density at radius 1 is 1.00 bits per heavy atom. The van der Waals surface area contributed by atoms with Gasteiger partial charge < -0.3 is 9.52 Å². The molecule has 0 atom stereocenters. The van der Waals surface area contributed by atoms with Crippen molar-refractivity contribution in [3.8, 4) is 17.2 Å². The number of fused-ring (bicyclic) bond motifs is 1. The minimum atomic E-state index is 0.0833. The van der Waals surface area contributed by atoms with E-state index >= 15 is 0 Å². The number of hydrogen-bond acceptors (Lipinski definition) is 4. The number of aryl methyl sites for hydroxylation is 1. The number of rotatable bonds is 4. The van der Waals surface area contributed by atoms with E-state index in [-0.39, 0.29) is 5.75 Å². The quantitative estimate of drug-likeness (QED) is 0.462. The van der Waals surface area contributed by atoms with Crippen LogP contribution in [0.1, 0.15) is 11.1 Å². The number of phenolic OH excluding ortho intramolecular Hbond substituents is 1. The fraction of sp³-hybridized carbons (Fsp3) is 0.0435. The maximum absolute atomic E-state index is 10.4. The number of allylic oxidation sites excluding steroid dienone is 1. The van der Waals surface area contributed by atoms with Gasteiger partial charge in [-0.25, -0.2) is 4.98 Å². The molecule has 0 spiro atoms. The van der Waals surface area contributed by atoms with Crippen LogP contribution in [0.5, 0.6) is 5.75 Å². The lowest BCUT2D eigenvalue weighted by Crippen LogP contribution is -1.79. The largest absolute Gasteiger partial charge is 0.507 e. The Hall–Kier alpha value is -3.66. The van der Waals surface area contributed by atoms with Crippen LogP contribution in [-0.2, 0) is 0 Å². The maximum Gasteiger partial charge on any atom is 0.231 e. The van der Waals surface area contributed by atoms with Crippen molar-refractivity contribution >= 4 is 29.1 Å². The molecule has 1 heterocycles. The minimum Gasteiger partial charge on any atom is -0.507 e. The lowest BCUT2D eigenvalue weighted by molar-refractivity contribution is 0.474. The minimum absolute atomic E-state index is 0.0833. The van der Waals surface area contributed by atoms with Crippen molar-refractivity contribution < 1.29 is 9.52 Å². The van der Waals surface area contributed by atoms with E-state index in [0.29, 0.717) is 22.7 Å². The summed E-state index contributed by atoms with van der Waals surface area (Å²) >= 11 is 0. The topological polar surface area (TPSA) is 58.6 Å². The molecular weight excluding hydrogens is 336 g/mol. The monoisotopic (exact) mass is 354 g/mol. The molecule has 0 aliphatic rings. The highest BCUT2D eigenvalue weighted by molar-refractivity contribution is 5.82. The Kier molecular flexibility index (Phi) is 4.54. The first-order valence-corrected chi connectivity index (χ1v) is 8.65. The molecule has 3 aromatic carbocycles. The van der Waals surface area contributed by atoms with Gasteiger partial charge in [0.2, 0.25) is 5.89 Å². The molecule has 0 saturated carbocycles. The predicted molar refractivity (Wildman–Crippen MR) is 109 cm³/mol. The Labute approximate surface area is 157 Å². The van der Waals surface area contributed by atoms with Gasteiger partial charge in [0, 0.05) is 12.3 Å². The van der Waals surface area contributed by atoms with Gasteiger partial charge in [0.15, 0.2) is 5.58 Å². The first-order valence-electron chi connectivity index (χ1n) is 8.65. The number of nitrogens with zero attached hydrogens (tertiary/aromatic N) is 2. The Bertz CT molecular complexity index is 1140. The Morgan fingerprint density at radius 2 is 1.85 bits per heavy atom. The van der Waals surface area contributed by atoms with Crippen molar-refractivity contribution in [1.29, 1.82) is 0 Å². The number of hydrogen-bond donors (Lipinski definition) is 1. The summed E-state index contributed by atoms with van der Waals surface area (Å²) < 4.78 is 5.76. The number of aromatic nitrogens is 1. The molecule has 0 fully saturated rings. The van der Waals surface area contributed by atoms with Crippen LogP contribution in [0.4, 0.5) is 5.69 Å². The summed E-state index contributed by atoms with van der Waals surface area (Å²) in [6.45, 7) is 2.00. The standard InChI is InChI=1S/C23H18N2O2/c1-16-9-12-22-20(14-16)25-23(27-22)19-11-10-18(15-21(19)26)24-13-5-8-17-6-3-2-4-7-17/h2-15,26H,1H3/b8-5-,24-13?. The lowest BCUT2D eigenvalue weighted by Gasteiger charge is -2.01. The smallest absolute Gasteiger partial charge is 0.231 e. The summed E-state index contributed by atoms with van der Waals surface area (Å²) in [5.41, 5.74) is 4.89. The average Bonchev–Trinajstić information content (AvgIpc) is 3.09. The third-order valence-corrected chi connectivity index (χ3v) is 4.15. The van der Waals surface area contributed by atoms with Crippen LogP contribution in [0, 0.1) is 6.92 Å². The molecule has 27 heavy (non-hydrogen) atoms. The molecule has 132 valence electrons. The molecule has 0 amide bonds. The van der Waals surface area contributed by atoms with Crippen molar-refractivity contribution in [3.05, 3.63) is 83.9 Å². The Balaban J connectivity index is 1.55. The van der Waals surface area contributed by atoms with Gasteiger partial charge in [-0.05, 0) is 48.4 Å². The summed E-state index contributed by atoms with van der Waals surface area (Å²) in [7, 11) is 0. The second-order valence-corrected chi connectivity index (χ2v) is 6.24. The van der Waals surface area contributed by atoms with Crippen molar-refractivity contribution in [3.63, 3.8) is 0 Å². The van der Waals surface area contributed by atoms with E-state index in [2.05, 4.69) is 9.98 Å². The summed E-state index contributed by atoms with van der Waals surface area (Å²) in [5.74, 6) is 0.479. The molecule has 0 saturated heterocycles. The van der Waals surface area contributed by atoms with E-state index in [1.165, 1.54) is 0 Å². The highest BCUT2D eigenvalue weighted by Gasteiger charge is 2.12. The van der Waals surface area contributed by atoms with Crippen LogP contribution in [0.3, 0.4) is 0 Å². The van der Waals surface area contributed by atoms with Crippen LogP contribution in [0.15, 0.2) is 82.2 Å². The van der Waals surface area contributed by atoms with Gasteiger partial charge in [-0.1, -0.05) is 42.5 Å². The predicted octanol–water partition coefficient (Wildman–Crippen LogP) is 5.92. The number of aromatic hydroxyl groups is 1. The van der Waals surface area contributed by atoms with Crippen LogP contribution in [0.2, 0.25) is 0 Å². The van der Waals surface area contributed by atoms with E-state index in [4.69, 9.17) is 4.42 Å². The summed E-state index contributed by atoms with van der Waals surface area (Å²) in [6.07, 6.45) is 5.53. The molecule has 1 N–H and O–H groups in total. The van der Waals surface area contributed by atoms with E-state index in [9.17, 15) is 5.11 Å². The van der Waals surface area contributed by atoms with Crippen molar-refractivity contribution in [2.45, 2.75) is 6.92 Å². The second kappa shape index (κ2) is 7.30. The Morgan fingerprint density at radius 3 is 2.67 bits per heavy atom. The van der Waals surface area contributed by atoms with Gasteiger partial charge in [0.1, 0.15) is 11.3 Å². The van der Waals surface area contributed by atoms with Gasteiger partial charge in [0.25, 0.3) is 0 Å². The highest BCUT2D eigenvalue weighted by atomic mass is 16.3. The molecule has 0 unspecified atom stereocenters. The maximum atomic E-state index is 10.4. The molecule has 0 aliphatic carbocycles. The SMILES string of the molecule is Cc1ccc2oc(-c3ccc(N=C/C=C\c4ccccc4)cc3O)nc2c1. The third kappa shape index (κ3) is 3.80. The van der Waals surface area contributed by atoms with Crippen LogP contribution >= 0.6 is 0 Å². The molecule has 0 radical (unpaired) electrons. The second-order valence-electron chi connectivity index (χ2n) is 6.24. The van der Waals surface area contributed by atoms with Crippen molar-refractivity contribution in [2.24, 2.45) is 4.99 Å². The zero-order valence-corrected chi connectivity index (χ0v) is 14.8. The normalized spacial score (nSPS) is 11.7. The number of phenols is 1. The average molecular weight is 354 g/mol. The molecular formula is C23H18N2O2. The summed E-state index contributed by atoms with van der Waals surface area (Å²) in [6, 6.07) is 21.0. The first-order chi connectivity index (χ1) is 13.2. The summed E-state index contributed by atoms with van der Waals surface area (Å²) in [5, 5.41) is 10.4. The van der Waals surface area contributed by atoms with E-state index in [0.717, 1.165) is 16.6 Å². The molecule has 4 aromatic rings. The van der Waals surface area contributed by atoms with Crippen LogP contribution in [0.25, 0.3) is 28.6 Å². The van der Waals surface area contributed by atoms with Crippen LogP contribution < -0.4 is 0 Å². The van der Waals surface area contributed by atoms with E-state index in [1.54, 1.807) is 18.3 Å². The lowest BCUT2D eigenvalue weighted by atomic mass is 10.2. The number of aliphatic imine (C=N–C) groups is 1. The number of oxazole rings is 1. The molecule has 1 aromatic heterocycles. The van der Waals surface area contributed by atoms with E-state index in [1.807, 2.05) is 73.7 Å². The fourth-order valence-electron chi connectivity index (χ4n) is 2.78. The number of benzene rings is 3. The zero-order valence-electron chi connectivity index (χ0n) is 14.8. The molecule has 4 heteroatoms. The first kappa shape index (κ1) is 16.8. The molecule has 4 rings (SSSR count). The third-order valence-electron chi connectivity index (χ3n) is 4.15. The van der Waals surface area contributed by atoms with Gasteiger partial charge in [-0.15, -0.1) is 0 Å². The van der Waals surface area contributed by atoms with Crippen molar-refractivity contribution in [2.75, 3.05) is 0 Å². The van der Waals surface area contributed by atoms with Gasteiger partial charge >= 0.3 is 0 Å². The molecule has 0 bridgehead atoms. The van der Waals surface area contributed by atoms with Gasteiger partial charge in [-0.2, -0.15) is 0 Å². The molecule has 4 nitrogen and oxygen atoms in total. The van der Waals surface area contributed by atoms with Gasteiger partial charge in [-0.3, -0.25) is 4.99 Å².